The minimum Gasteiger partial charge on any atom is -0.444 e. The number of aryl methyl sites for hydroxylation is 1. The molecule has 0 unspecified atom stereocenters. The Kier molecular flexibility index (Phi) is 5.43. The SMILES string of the molecule is Cc1nc2ccccc2n1-c1ccc(C(=O)N2CCN(C(=O)OC(C)(C)C)CC2)cc1. The number of para-hydroxylation sites is 2. The molecule has 7 nitrogen and oxygen atoms in total. The van der Waals surface area contributed by atoms with Gasteiger partial charge in [-0.15, -0.1) is 0 Å². The Labute approximate surface area is 182 Å². The summed E-state index contributed by atoms with van der Waals surface area (Å²) in [6, 6.07) is 15.6. The van der Waals surface area contributed by atoms with Gasteiger partial charge in [0.25, 0.3) is 5.91 Å². The maximum atomic E-state index is 13.0. The number of amides is 2. The van der Waals surface area contributed by atoms with E-state index in [0.29, 0.717) is 31.7 Å². The van der Waals surface area contributed by atoms with Crippen LogP contribution in [0.1, 0.15) is 37.0 Å². The molecule has 0 aliphatic carbocycles. The first-order valence-electron chi connectivity index (χ1n) is 10.5. The molecular weight excluding hydrogens is 392 g/mol. The molecule has 1 saturated heterocycles. The number of fused-ring (bicyclic) bond motifs is 1. The number of ether oxygens (including phenoxy) is 1. The highest BCUT2D eigenvalue weighted by Gasteiger charge is 2.28. The van der Waals surface area contributed by atoms with Gasteiger partial charge < -0.3 is 14.5 Å². The van der Waals surface area contributed by atoms with Crippen LogP contribution >= 0.6 is 0 Å². The predicted molar refractivity (Wildman–Crippen MR) is 120 cm³/mol. The van der Waals surface area contributed by atoms with Crippen LogP contribution in [0, 0.1) is 6.92 Å². The van der Waals surface area contributed by atoms with Gasteiger partial charge in [0.1, 0.15) is 11.4 Å². The third kappa shape index (κ3) is 4.40. The molecule has 0 bridgehead atoms. The van der Waals surface area contributed by atoms with E-state index in [-0.39, 0.29) is 12.0 Å². The number of piperazine rings is 1. The van der Waals surface area contributed by atoms with Gasteiger partial charge in [-0.25, -0.2) is 9.78 Å². The Bertz CT molecular complexity index is 1100. The second kappa shape index (κ2) is 8.06. The van der Waals surface area contributed by atoms with Crippen molar-refractivity contribution in [3.63, 3.8) is 0 Å². The first-order chi connectivity index (χ1) is 14.7. The third-order valence-electron chi connectivity index (χ3n) is 5.32. The van der Waals surface area contributed by atoms with E-state index in [4.69, 9.17) is 4.74 Å². The molecule has 0 N–H and O–H groups in total. The van der Waals surface area contributed by atoms with Gasteiger partial charge in [0, 0.05) is 37.4 Å². The summed E-state index contributed by atoms with van der Waals surface area (Å²) in [6.45, 7) is 9.45. The average Bonchev–Trinajstić information content (AvgIpc) is 3.08. The Morgan fingerprint density at radius 1 is 0.903 bits per heavy atom. The number of hydrogen-bond acceptors (Lipinski definition) is 4. The van der Waals surface area contributed by atoms with E-state index < -0.39 is 5.60 Å². The largest absolute Gasteiger partial charge is 0.444 e. The topological polar surface area (TPSA) is 67.7 Å². The summed E-state index contributed by atoms with van der Waals surface area (Å²) in [7, 11) is 0. The lowest BCUT2D eigenvalue weighted by atomic mass is 10.1. The molecule has 1 aromatic heterocycles. The molecule has 1 aliphatic heterocycles. The predicted octanol–water partition coefficient (Wildman–Crippen LogP) is 4.03. The van der Waals surface area contributed by atoms with Crippen molar-refractivity contribution in [2.24, 2.45) is 0 Å². The van der Waals surface area contributed by atoms with Crippen LogP contribution in [-0.2, 0) is 4.74 Å². The van der Waals surface area contributed by atoms with E-state index in [9.17, 15) is 9.59 Å². The van der Waals surface area contributed by atoms with Crippen molar-refractivity contribution in [1.82, 2.24) is 19.4 Å². The van der Waals surface area contributed by atoms with Crippen molar-refractivity contribution in [3.8, 4) is 5.69 Å². The van der Waals surface area contributed by atoms with Crippen molar-refractivity contribution in [3.05, 3.63) is 59.9 Å². The van der Waals surface area contributed by atoms with Crippen molar-refractivity contribution < 1.29 is 14.3 Å². The minimum atomic E-state index is -0.523. The van der Waals surface area contributed by atoms with Crippen LogP contribution in [-0.4, -0.2) is 63.1 Å². The van der Waals surface area contributed by atoms with Gasteiger partial charge >= 0.3 is 6.09 Å². The number of carbonyl (C=O) groups excluding carboxylic acids is 2. The molecule has 7 heteroatoms. The summed E-state index contributed by atoms with van der Waals surface area (Å²) >= 11 is 0. The van der Waals surface area contributed by atoms with Crippen molar-refractivity contribution in [1.29, 1.82) is 0 Å². The fraction of sp³-hybridized carbons (Fsp3) is 0.375. The highest BCUT2D eigenvalue weighted by atomic mass is 16.6. The number of nitrogens with zero attached hydrogens (tertiary/aromatic N) is 4. The highest BCUT2D eigenvalue weighted by molar-refractivity contribution is 5.94. The monoisotopic (exact) mass is 420 g/mol. The van der Waals surface area contributed by atoms with E-state index in [1.807, 2.05) is 76.2 Å². The smallest absolute Gasteiger partial charge is 0.410 e. The molecule has 31 heavy (non-hydrogen) atoms. The maximum absolute atomic E-state index is 13.0. The number of carbonyl (C=O) groups is 2. The fourth-order valence-electron chi connectivity index (χ4n) is 3.83. The zero-order valence-corrected chi connectivity index (χ0v) is 18.5. The molecule has 0 saturated carbocycles. The van der Waals surface area contributed by atoms with Gasteiger partial charge in [0.05, 0.1) is 11.0 Å². The Hall–Kier alpha value is -3.35. The summed E-state index contributed by atoms with van der Waals surface area (Å²) in [4.78, 5) is 33.2. The van der Waals surface area contributed by atoms with Crippen molar-refractivity contribution >= 4 is 23.0 Å². The lowest BCUT2D eigenvalue weighted by Crippen LogP contribution is -2.51. The summed E-state index contributed by atoms with van der Waals surface area (Å²) in [5.74, 6) is 0.876. The molecule has 1 aliphatic rings. The number of hydrogen-bond donors (Lipinski definition) is 0. The molecule has 3 aromatic rings. The van der Waals surface area contributed by atoms with Gasteiger partial charge in [-0.05, 0) is 64.1 Å². The van der Waals surface area contributed by atoms with Crippen LogP contribution in [0.2, 0.25) is 0 Å². The first kappa shape index (κ1) is 20.9. The first-order valence-corrected chi connectivity index (χ1v) is 10.5. The Morgan fingerprint density at radius 2 is 1.52 bits per heavy atom. The van der Waals surface area contributed by atoms with Crippen LogP contribution < -0.4 is 0 Å². The number of rotatable bonds is 2. The molecule has 2 heterocycles. The molecule has 1 fully saturated rings. The molecule has 4 rings (SSSR count). The third-order valence-corrected chi connectivity index (χ3v) is 5.32. The van der Waals surface area contributed by atoms with Crippen LogP contribution in [0.15, 0.2) is 48.5 Å². The molecule has 0 atom stereocenters. The van der Waals surface area contributed by atoms with E-state index in [0.717, 1.165) is 22.5 Å². The van der Waals surface area contributed by atoms with Gasteiger partial charge in [0.2, 0.25) is 0 Å². The zero-order valence-electron chi connectivity index (χ0n) is 18.5. The molecule has 2 amide bonds. The molecule has 2 aromatic carbocycles. The lowest BCUT2D eigenvalue weighted by molar-refractivity contribution is 0.0141. The zero-order chi connectivity index (χ0) is 22.2. The van der Waals surface area contributed by atoms with Crippen LogP contribution in [0.5, 0.6) is 0 Å². The summed E-state index contributed by atoms with van der Waals surface area (Å²) in [5.41, 5.74) is 3.07. The Balaban J connectivity index is 1.44. The number of imidazole rings is 1. The normalized spacial score (nSPS) is 14.7. The Morgan fingerprint density at radius 3 is 2.16 bits per heavy atom. The molecule has 162 valence electrons. The van der Waals surface area contributed by atoms with Gasteiger partial charge in [0.15, 0.2) is 0 Å². The summed E-state index contributed by atoms with van der Waals surface area (Å²) in [6.07, 6.45) is -0.327. The molecule has 0 radical (unpaired) electrons. The summed E-state index contributed by atoms with van der Waals surface area (Å²) in [5, 5.41) is 0. The van der Waals surface area contributed by atoms with E-state index >= 15 is 0 Å². The van der Waals surface area contributed by atoms with Crippen molar-refractivity contribution in [2.75, 3.05) is 26.2 Å². The van der Waals surface area contributed by atoms with Crippen LogP contribution in [0.3, 0.4) is 0 Å². The fourth-order valence-corrected chi connectivity index (χ4v) is 3.83. The van der Waals surface area contributed by atoms with Crippen LogP contribution in [0.25, 0.3) is 16.7 Å². The lowest BCUT2D eigenvalue weighted by Gasteiger charge is -2.35. The van der Waals surface area contributed by atoms with E-state index in [2.05, 4.69) is 9.55 Å². The van der Waals surface area contributed by atoms with E-state index in [1.54, 1.807) is 9.80 Å². The highest BCUT2D eigenvalue weighted by Crippen LogP contribution is 2.22. The van der Waals surface area contributed by atoms with Gasteiger partial charge in [-0.1, -0.05) is 12.1 Å². The molecule has 0 spiro atoms. The second-order valence-corrected chi connectivity index (χ2v) is 8.79. The average molecular weight is 421 g/mol. The summed E-state index contributed by atoms with van der Waals surface area (Å²) < 4.78 is 7.51. The standard InChI is InChI=1S/C24H28N4O3/c1-17-25-20-7-5-6-8-21(20)28(17)19-11-9-18(10-12-19)22(29)26-13-15-27(16-14-26)23(30)31-24(2,3)4/h5-12H,13-16H2,1-4H3. The number of benzene rings is 2. The quantitative estimate of drug-likeness (QED) is 0.628. The van der Waals surface area contributed by atoms with Gasteiger partial charge in [-0.3, -0.25) is 9.36 Å². The second-order valence-electron chi connectivity index (χ2n) is 8.79. The number of aromatic nitrogens is 2. The minimum absolute atomic E-state index is 0.0254. The van der Waals surface area contributed by atoms with E-state index in [1.165, 1.54) is 0 Å². The van der Waals surface area contributed by atoms with Crippen LogP contribution in [0.4, 0.5) is 4.79 Å². The maximum Gasteiger partial charge on any atom is 0.410 e. The van der Waals surface area contributed by atoms with Crippen molar-refractivity contribution in [2.45, 2.75) is 33.3 Å². The van der Waals surface area contributed by atoms with Gasteiger partial charge in [-0.2, -0.15) is 0 Å². The molecular formula is C24H28N4O3.